The van der Waals surface area contributed by atoms with Crippen LogP contribution in [0.3, 0.4) is 0 Å². The van der Waals surface area contributed by atoms with Crippen molar-refractivity contribution in [2.45, 2.75) is 25.9 Å². The fourth-order valence-electron chi connectivity index (χ4n) is 4.00. The van der Waals surface area contributed by atoms with E-state index in [0.717, 1.165) is 27.9 Å². The number of carbonyl (C=O) groups is 2. The van der Waals surface area contributed by atoms with Gasteiger partial charge in [-0.1, -0.05) is 30.3 Å². The van der Waals surface area contributed by atoms with Gasteiger partial charge in [0.05, 0.1) is 19.0 Å². The summed E-state index contributed by atoms with van der Waals surface area (Å²) in [5, 5.41) is 12.3. The van der Waals surface area contributed by atoms with Gasteiger partial charge in [-0.05, 0) is 40.8 Å². The minimum atomic E-state index is -0.202. The Balaban J connectivity index is 1.63. The van der Waals surface area contributed by atoms with Crippen molar-refractivity contribution in [1.29, 1.82) is 5.26 Å². The molecule has 0 bridgehead atoms. The van der Waals surface area contributed by atoms with Crippen molar-refractivity contribution in [3.63, 3.8) is 0 Å². The summed E-state index contributed by atoms with van der Waals surface area (Å²) in [6, 6.07) is 14.0. The first-order chi connectivity index (χ1) is 13.5. The van der Waals surface area contributed by atoms with E-state index in [0.29, 0.717) is 32.5 Å². The summed E-state index contributed by atoms with van der Waals surface area (Å²) in [6.45, 7) is 1.58. The zero-order valence-electron chi connectivity index (χ0n) is 15.8. The van der Waals surface area contributed by atoms with Gasteiger partial charge in [0.25, 0.3) is 0 Å². The molecule has 0 aliphatic carbocycles. The molecule has 0 spiro atoms. The number of nitriles is 1. The Hall–Kier alpha value is -3.33. The number of rotatable bonds is 3. The molecule has 0 saturated carbocycles. The number of hydrogen-bond acceptors (Lipinski definition) is 4. The van der Waals surface area contributed by atoms with E-state index in [4.69, 9.17) is 0 Å². The third-order valence-corrected chi connectivity index (χ3v) is 5.54. The summed E-state index contributed by atoms with van der Waals surface area (Å²) < 4.78 is 0. The summed E-state index contributed by atoms with van der Waals surface area (Å²) in [4.78, 5) is 27.8. The topological polar surface area (TPSA) is 76.4 Å². The Labute approximate surface area is 164 Å². The average Bonchev–Trinajstić information content (AvgIpc) is 3.13. The number of amides is 2. The lowest BCUT2D eigenvalue weighted by Gasteiger charge is -2.28. The standard InChI is InChI=1S/C22H22N4O2/c1-25-11-16(7-8-21(25)27)22(28)24-18-9-17-12-26(14-23)13-20(17)19(10-18)15-5-3-2-4-6-15/h2-6,9-10,16H,7-8,11-13H2,1H3,(H,24,28). The maximum absolute atomic E-state index is 12.8. The molecule has 4 rings (SSSR count). The highest BCUT2D eigenvalue weighted by atomic mass is 16.2. The Morgan fingerprint density at radius 3 is 2.71 bits per heavy atom. The Morgan fingerprint density at radius 2 is 2.00 bits per heavy atom. The van der Waals surface area contributed by atoms with E-state index >= 15 is 0 Å². The fourth-order valence-corrected chi connectivity index (χ4v) is 4.00. The van der Waals surface area contributed by atoms with Crippen LogP contribution in [0, 0.1) is 17.4 Å². The third-order valence-electron chi connectivity index (χ3n) is 5.54. The zero-order valence-corrected chi connectivity index (χ0v) is 15.8. The minimum Gasteiger partial charge on any atom is -0.345 e. The molecule has 2 amide bonds. The lowest BCUT2D eigenvalue weighted by molar-refractivity contribution is -0.135. The second-order valence-electron chi connectivity index (χ2n) is 7.48. The molecule has 2 aromatic carbocycles. The molecule has 6 heteroatoms. The molecule has 2 heterocycles. The Morgan fingerprint density at radius 1 is 1.21 bits per heavy atom. The van der Waals surface area contributed by atoms with Crippen LogP contribution in [0.15, 0.2) is 42.5 Å². The number of likely N-dealkylation sites (tertiary alicyclic amines) is 1. The predicted octanol–water partition coefficient (Wildman–Crippen LogP) is 2.96. The highest BCUT2D eigenvalue weighted by molar-refractivity contribution is 5.95. The number of fused-ring (bicyclic) bond motifs is 1. The number of anilines is 1. The SMILES string of the molecule is CN1CC(C(=O)Nc2cc3c(c(-c4ccccc4)c2)CN(C#N)C3)CCC1=O. The first-order valence-electron chi connectivity index (χ1n) is 9.46. The summed E-state index contributed by atoms with van der Waals surface area (Å²) in [7, 11) is 1.74. The molecule has 1 atom stereocenters. The average molecular weight is 374 g/mol. The van der Waals surface area contributed by atoms with Crippen LogP contribution in [0.2, 0.25) is 0 Å². The van der Waals surface area contributed by atoms with Gasteiger partial charge in [-0.15, -0.1) is 0 Å². The number of hydrogen-bond donors (Lipinski definition) is 1. The quantitative estimate of drug-likeness (QED) is 0.838. The Bertz CT molecular complexity index is 964. The van der Waals surface area contributed by atoms with Gasteiger partial charge in [0.2, 0.25) is 11.8 Å². The van der Waals surface area contributed by atoms with Crippen LogP contribution in [0.1, 0.15) is 24.0 Å². The van der Waals surface area contributed by atoms with Gasteiger partial charge in [0.1, 0.15) is 0 Å². The number of nitrogens with one attached hydrogen (secondary N) is 1. The van der Waals surface area contributed by atoms with Crippen LogP contribution in [-0.4, -0.2) is 35.2 Å². The van der Waals surface area contributed by atoms with E-state index in [1.54, 1.807) is 16.8 Å². The van der Waals surface area contributed by atoms with Crippen LogP contribution in [0.25, 0.3) is 11.1 Å². The predicted molar refractivity (Wildman–Crippen MR) is 106 cm³/mol. The van der Waals surface area contributed by atoms with Crippen LogP contribution in [-0.2, 0) is 22.7 Å². The second-order valence-corrected chi connectivity index (χ2v) is 7.48. The molecule has 1 N–H and O–H groups in total. The van der Waals surface area contributed by atoms with Gasteiger partial charge >= 0.3 is 0 Å². The number of piperidine rings is 1. The molecule has 1 unspecified atom stereocenters. The fraction of sp³-hybridized carbons (Fsp3) is 0.318. The summed E-state index contributed by atoms with van der Waals surface area (Å²) in [6.07, 6.45) is 3.20. The monoisotopic (exact) mass is 374 g/mol. The lowest BCUT2D eigenvalue weighted by Crippen LogP contribution is -2.41. The van der Waals surface area contributed by atoms with Gasteiger partial charge in [-0.25, -0.2) is 0 Å². The maximum atomic E-state index is 12.8. The Kier molecular flexibility index (Phi) is 4.74. The summed E-state index contributed by atoms with van der Waals surface area (Å²) in [5.74, 6) is -0.176. The van der Waals surface area contributed by atoms with Gasteiger partial charge in [0.15, 0.2) is 6.19 Å². The van der Waals surface area contributed by atoms with Crippen molar-refractivity contribution < 1.29 is 9.59 Å². The number of benzene rings is 2. The lowest BCUT2D eigenvalue weighted by atomic mass is 9.95. The third kappa shape index (κ3) is 3.44. The molecule has 2 aliphatic rings. The summed E-state index contributed by atoms with van der Waals surface area (Å²) in [5.41, 5.74) is 5.05. The maximum Gasteiger partial charge on any atom is 0.229 e. The van der Waals surface area contributed by atoms with Crippen LogP contribution in [0.4, 0.5) is 5.69 Å². The minimum absolute atomic E-state index is 0.0616. The molecule has 142 valence electrons. The normalized spacial score (nSPS) is 18.6. The molecule has 0 radical (unpaired) electrons. The largest absolute Gasteiger partial charge is 0.345 e. The first kappa shape index (κ1) is 18.1. The molecular weight excluding hydrogens is 352 g/mol. The molecule has 2 aromatic rings. The molecule has 1 fully saturated rings. The van der Waals surface area contributed by atoms with Crippen molar-refractivity contribution >= 4 is 17.5 Å². The van der Waals surface area contributed by atoms with Crippen molar-refractivity contribution in [2.24, 2.45) is 5.92 Å². The van der Waals surface area contributed by atoms with E-state index in [2.05, 4.69) is 11.5 Å². The molecule has 1 saturated heterocycles. The molecule has 28 heavy (non-hydrogen) atoms. The molecule has 0 aromatic heterocycles. The van der Waals surface area contributed by atoms with Crippen molar-refractivity contribution in [3.8, 4) is 17.3 Å². The van der Waals surface area contributed by atoms with Crippen molar-refractivity contribution in [2.75, 3.05) is 18.9 Å². The molecule has 2 aliphatic heterocycles. The highest BCUT2D eigenvalue weighted by Gasteiger charge is 2.29. The van der Waals surface area contributed by atoms with Crippen molar-refractivity contribution in [1.82, 2.24) is 9.80 Å². The van der Waals surface area contributed by atoms with Crippen molar-refractivity contribution in [3.05, 3.63) is 53.6 Å². The van der Waals surface area contributed by atoms with Crippen LogP contribution >= 0.6 is 0 Å². The van der Waals surface area contributed by atoms with E-state index in [-0.39, 0.29) is 17.7 Å². The van der Waals surface area contributed by atoms with Gasteiger partial charge in [0, 0.05) is 25.7 Å². The van der Waals surface area contributed by atoms with Crippen LogP contribution < -0.4 is 5.32 Å². The van der Waals surface area contributed by atoms with Gasteiger partial charge < -0.3 is 15.1 Å². The van der Waals surface area contributed by atoms with E-state index in [1.807, 2.05) is 42.5 Å². The van der Waals surface area contributed by atoms with Gasteiger partial charge in [-0.2, -0.15) is 5.26 Å². The molecule has 6 nitrogen and oxygen atoms in total. The number of carbonyl (C=O) groups excluding carboxylic acids is 2. The number of nitrogens with zero attached hydrogens (tertiary/aromatic N) is 3. The van der Waals surface area contributed by atoms with E-state index in [1.165, 1.54) is 0 Å². The first-order valence-corrected chi connectivity index (χ1v) is 9.46. The van der Waals surface area contributed by atoms with Crippen LogP contribution in [0.5, 0.6) is 0 Å². The molecular formula is C22H22N4O2. The van der Waals surface area contributed by atoms with Gasteiger partial charge in [-0.3, -0.25) is 9.59 Å². The highest BCUT2D eigenvalue weighted by Crippen LogP contribution is 2.35. The smallest absolute Gasteiger partial charge is 0.229 e. The zero-order chi connectivity index (χ0) is 19.7. The van der Waals surface area contributed by atoms with E-state index < -0.39 is 0 Å². The second kappa shape index (κ2) is 7.35. The van der Waals surface area contributed by atoms with E-state index in [9.17, 15) is 14.9 Å². The summed E-state index contributed by atoms with van der Waals surface area (Å²) >= 11 is 0.